The summed E-state index contributed by atoms with van der Waals surface area (Å²) in [6, 6.07) is 8.36. The average Bonchev–Trinajstić information content (AvgIpc) is 2.37. The highest BCUT2D eigenvalue weighted by Crippen LogP contribution is 2.35. The monoisotopic (exact) mass is 253 g/mol. The lowest BCUT2D eigenvalue weighted by atomic mass is 9.83. The molecule has 0 saturated carbocycles. The molecule has 1 aliphatic heterocycles. The van der Waals surface area contributed by atoms with E-state index in [0.29, 0.717) is 6.42 Å². The van der Waals surface area contributed by atoms with Gasteiger partial charge >= 0.3 is 0 Å². The van der Waals surface area contributed by atoms with E-state index in [2.05, 4.69) is 0 Å². The topological polar surface area (TPSA) is 20.3 Å². The maximum atomic E-state index is 13.0. The highest BCUT2D eigenvalue weighted by atomic mass is 19.3. The minimum absolute atomic E-state index is 0.133. The lowest BCUT2D eigenvalue weighted by Crippen LogP contribution is -2.63. The van der Waals surface area contributed by atoms with Crippen molar-refractivity contribution < 1.29 is 13.6 Å². The first kappa shape index (κ1) is 13.0. The summed E-state index contributed by atoms with van der Waals surface area (Å²) in [7, 11) is 0. The second-order valence-electron chi connectivity index (χ2n) is 4.67. The first-order valence-corrected chi connectivity index (χ1v) is 6.27. The van der Waals surface area contributed by atoms with Gasteiger partial charge in [-0.3, -0.25) is 4.79 Å². The third-order valence-corrected chi connectivity index (χ3v) is 3.43. The van der Waals surface area contributed by atoms with E-state index in [4.69, 9.17) is 0 Å². The molecule has 1 saturated heterocycles. The zero-order chi connectivity index (χ0) is 13.1. The molecule has 2 atom stereocenters. The zero-order valence-corrected chi connectivity index (χ0v) is 10.4. The molecule has 0 aliphatic carbocycles. The van der Waals surface area contributed by atoms with Gasteiger partial charge < -0.3 is 4.90 Å². The second-order valence-corrected chi connectivity index (χ2v) is 4.67. The van der Waals surface area contributed by atoms with Gasteiger partial charge in [0.05, 0.1) is 5.92 Å². The van der Waals surface area contributed by atoms with Gasteiger partial charge in [0.15, 0.2) is 0 Å². The number of nitrogens with zero attached hydrogens (tertiary/aromatic N) is 1. The molecule has 1 aromatic carbocycles. The predicted octanol–water partition coefficient (Wildman–Crippen LogP) is 3.08. The van der Waals surface area contributed by atoms with Crippen LogP contribution in [0.1, 0.15) is 25.3 Å². The van der Waals surface area contributed by atoms with Gasteiger partial charge in [0, 0.05) is 6.54 Å². The summed E-state index contributed by atoms with van der Waals surface area (Å²) in [5.41, 5.74) is 0.895. The summed E-state index contributed by atoms with van der Waals surface area (Å²) in [6.07, 6.45) is -1.14. The number of hydrogen-bond acceptors (Lipinski definition) is 1. The number of carbonyl (C=O) groups is 1. The van der Waals surface area contributed by atoms with Crippen LogP contribution in [0.2, 0.25) is 0 Å². The molecule has 0 spiro atoms. The molecule has 18 heavy (non-hydrogen) atoms. The lowest BCUT2D eigenvalue weighted by molar-refractivity contribution is -0.169. The fourth-order valence-electron chi connectivity index (χ4n) is 2.52. The molecular formula is C14H17F2NO. The molecule has 2 rings (SSSR count). The molecule has 1 aliphatic rings. The van der Waals surface area contributed by atoms with Crippen LogP contribution in [0.4, 0.5) is 8.78 Å². The Hall–Kier alpha value is -1.45. The van der Waals surface area contributed by atoms with Gasteiger partial charge in [-0.1, -0.05) is 43.7 Å². The number of benzene rings is 1. The van der Waals surface area contributed by atoms with E-state index < -0.39 is 18.4 Å². The van der Waals surface area contributed by atoms with E-state index >= 15 is 0 Å². The molecule has 4 heteroatoms. The molecule has 2 nitrogen and oxygen atoms in total. The minimum atomic E-state index is -2.46. The number of likely N-dealkylation sites (tertiary alicyclic amines) is 1. The molecule has 98 valence electrons. The number of hydrogen-bond donors (Lipinski definition) is 0. The maximum absolute atomic E-state index is 13.0. The average molecular weight is 253 g/mol. The van der Waals surface area contributed by atoms with Crippen molar-refractivity contribution in [2.24, 2.45) is 5.92 Å². The summed E-state index contributed by atoms with van der Waals surface area (Å²) in [5.74, 6) is -0.621. The summed E-state index contributed by atoms with van der Waals surface area (Å²) < 4.78 is 26.0. The Morgan fingerprint density at radius 1 is 1.28 bits per heavy atom. The van der Waals surface area contributed by atoms with Crippen LogP contribution in [0.3, 0.4) is 0 Å². The molecule has 0 unspecified atom stereocenters. The van der Waals surface area contributed by atoms with Crippen molar-refractivity contribution in [3.63, 3.8) is 0 Å². The third-order valence-electron chi connectivity index (χ3n) is 3.43. The number of rotatable bonds is 5. The maximum Gasteiger partial charge on any atom is 0.259 e. The van der Waals surface area contributed by atoms with E-state index in [1.54, 1.807) is 0 Å². The Bertz CT molecular complexity index is 408. The van der Waals surface area contributed by atoms with Gasteiger partial charge in [0.1, 0.15) is 6.04 Å². The molecule has 1 heterocycles. The lowest BCUT2D eigenvalue weighted by Gasteiger charge is -2.46. The number of carbonyl (C=O) groups excluding carboxylic acids is 1. The van der Waals surface area contributed by atoms with E-state index in [9.17, 15) is 13.6 Å². The van der Waals surface area contributed by atoms with Crippen molar-refractivity contribution in [3.8, 4) is 0 Å². The first-order valence-electron chi connectivity index (χ1n) is 6.27. The van der Waals surface area contributed by atoms with Crippen LogP contribution >= 0.6 is 0 Å². The number of amides is 1. The van der Waals surface area contributed by atoms with Crippen molar-refractivity contribution in [1.82, 2.24) is 4.90 Å². The molecule has 1 fully saturated rings. The highest BCUT2D eigenvalue weighted by Gasteiger charge is 2.50. The molecule has 1 amide bonds. The Morgan fingerprint density at radius 3 is 2.50 bits per heavy atom. The summed E-state index contributed by atoms with van der Waals surface area (Å²) >= 11 is 0. The number of halogens is 2. The molecule has 0 bridgehead atoms. The minimum Gasteiger partial charge on any atom is -0.329 e. The summed E-state index contributed by atoms with van der Waals surface area (Å²) in [6.45, 7) is 2.20. The van der Waals surface area contributed by atoms with E-state index in [1.807, 2.05) is 37.3 Å². The number of β-lactam (4-membered cyclic amide) rings is 1. The van der Waals surface area contributed by atoms with Crippen LogP contribution in [0, 0.1) is 5.92 Å². The fraction of sp³-hybridized carbons (Fsp3) is 0.500. The van der Waals surface area contributed by atoms with Crippen molar-refractivity contribution in [2.45, 2.75) is 38.8 Å². The predicted molar refractivity (Wildman–Crippen MR) is 65.2 cm³/mol. The molecule has 0 radical (unpaired) electrons. The van der Waals surface area contributed by atoms with Crippen LogP contribution in [0.25, 0.3) is 0 Å². The number of alkyl halides is 2. The van der Waals surface area contributed by atoms with Crippen LogP contribution in [0.5, 0.6) is 0 Å². The largest absolute Gasteiger partial charge is 0.329 e. The van der Waals surface area contributed by atoms with Crippen molar-refractivity contribution in [1.29, 1.82) is 0 Å². The molecular weight excluding hydrogens is 236 g/mol. The van der Waals surface area contributed by atoms with Gasteiger partial charge in [0.2, 0.25) is 5.91 Å². The Morgan fingerprint density at radius 2 is 1.94 bits per heavy atom. The zero-order valence-electron chi connectivity index (χ0n) is 10.4. The van der Waals surface area contributed by atoms with Crippen LogP contribution < -0.4 is 0 Å². The van der Waals surface area contributed by atoms with Crippen molar-refractivity contribution in [3.05, 3.63) is 35.9 Å². The van der Waals surface area contributed by atoms with Crippen LogP contribution in [-0.2, 0) is 11.3 Å². The van der Waals surface area contributed by atoms with E-state index in [0.717, 1.165) is 12.0 Å². The van der Waals surface area contributed by atoms with Crippen LogP contribution in [-0.4, -0.2) is 23.3 Å². The Kier molecular flexibility index (Phi) is 3.94. The van der Waals surface area contributed by atoms with Gasteiger partial charge in [-0.05, 0) is 12.0 Å². The fourth-order valence-corrected chi connectivity index (χ4v) is 2.52. The van der Waals surface area contributed by atoms with Gasteiger partial charge in [0.25, 0.3) is 6.43 Å². The summed E-state index contributed by atoms with van der Waals surface area (Å²) in [4.78, 5) is 13.2. The normalized spacial score (nSPS) is 23.3. The third kappa shape index (κ3) is 2.37. The molecule has 0 aromatic heterocycles. The Balaban J connectivity index is 2.06. The van der Waals surface area contributed by atoms with E-state index in [1.165, 1.54) is 4.90 Å². The van der Waals surface area contributed by atoms with Crippen molar-refractivity contribution >= 4 is 5.91 Å². The highest BCUT2D eigenvalue weighted by molar-refractivity contribution is 5.86. The second kappa shape index (κ2) is 5.46. The van der Waals surface area contributed by atoms with E-state index in [-0.39, 0.29) is 12.5 Å². The first-order chi connectivity index (χ1) is 8.65. The van der Waals surface area contributed by atoms with Gasteiger partial charge in [-0.2, -0.15) is 0 Å². The van der Waals surface area contributed by atoms with Gasteiger partial charge in [-0.25, -0.2) is 8.78 Å². The molecule has 0 N–H and O–H groups in total. The SMILES string of the molecule is CCC[C@H]1C(=O)N(Cc2ccccc2)[C@@H]1C(F)F. The van der Waals surface area contributed by atoms with Crippen LogP contribution in [0.15, 0.2) is 30.3 Å². The molecule has 1 aromatic rings. The Labute approximate surface area is 106 Å². The van der Waals surface area contributed by atoms with Gasteiger partial charge in [-0.15, -0.1) is 0 Å². The quantitative estimate of drug-likeness (QED) is 0.738. The summed E-state index contributed by atoms with van der Waals surface area (Å²) in [5, 5.41) is 0. The standard InChI is InChI=1S/C14H17F2NO/c1-2-6-11-12(13(15)16)17(14(11)18)9-10-7-4-3-5-8-10/h3-5,7-8,11-13H,2,6,9H2,1H3/t11-,12+/m1/s1. The smallest absolute Gasteiger partial charge is 0.259 e. The van der Waals surface area contributed by atoms with Crippen molar-refractivity contribution in [2.75, 3.05) is 0 Å².